The molecule has 2 unspecified atom stereocenters. The fraction of sp³-hybridized carbons (Fsp3) is 0.692. The first-order valence-electron chi connectivity index (χ1n) is 5.89. The molecule has 3 heteroatoms. The van der Waals surface area contributed by atoms with Crippen LogP contribution in [0.15, 0.2) is 12.4 Å². The van der Waals surface area contributed by atoms with Crippen LogP contribution in [-0.2, 0) is 0 Å². The van der Waals surface area contributed by atoms with Gasteiger partial charge in [0.2, 0.25) is 0 Å². The Morgan fingerprint density at radius 2 is 1.56 bits per heavy atom. The molecule has 16 heavy (non-hydrogen) atoms. The van der Waals surface area contributed by atoms with Crippen LogP contribution < -0.4 is 0 Å². The third-order valence-corrected chi connectivity index (χ3v) is 3.13. The maximum Gasteiger partial charge on any atom is 0.115 e. The van der Waals surface area contributed by atoms with Gasteiger partial charge in [0.15, 0.2) is 0 Å². The molecule has 0 aliphatic carbocycles. The van der Waals surface area contributed by atoms with E-state index >= 15 is 0 Å². The second kappa shape index (κ2) is 5.62. The molecular formula is C13H21ClN2. The Hall–Kier alpha value is -0.630. The number of hydrogen-bond acceptors (Lipinski definition) is 2. The second-order valence-electron chi connectivity index (χ2n) is 4.97. The average molecular weight is 241 g/mol. The van der Waals surface area contributed by atoms with Crippen LogP contribution in [0.3, 0.4) is 0 Å². The van der Waals surface area contributed by atoms with E-state index in [-0.39, 0.29) is 5.38 Å². The van der Waals surface area contributed by atoms with Gasteiger partial charge in [0.25, 0.3) is 0 Å². The highest BCUT2D eigenvalue weighted by Gasteiger charge is 2.23. The van der Waals surface area contributed by atoms with Crippen molar-refractivity contribution < 1.29 is 0 Å². The first-order chi connectivity index (χ1) is 7.43. The number of halogens is 1. The van der Waals surface area contributed by atoms with Crippen LogP contribution >= 0.6 is 11.6 Å². The van der Waals surface area contributed by atoms with E-state index in [2.05, 4.69) is 43.7 Å². The number of alkyl halides is 1. The van der Waals surface area contributed by atoms with Gasteiger partial charge in [0.05, 0.1) is 0 Å². The predicted octanol–water partition coefficient (Wildman–Crippen LogP) is 3.97. The standard InChI is InChI=1S/C13H21ClN2/c1-8(2)11-6-12(16-7-15-11)13(9(3)4)10(5)14/h6-10,13H,1-5H3. The van der Waals surface area contributed by atoms with Gasteiger partial charge in [-0.25, -0.2) is 9.97 Å². The van der Waals surface area contributed by atoms with E-state index in [4.69, 9.17) is 11.6 Å². The Labute approximate surface area is 103 Å². The molecule has 2 atom stereocenters. The summed E-state index contributed by atoms with van der Waals surface area (Å²) >= 11 is 6.24. The fourth-order valence-electron chi connectivity index (χ4n) is 1.99. The van der Waals surface area contributed by atoms with E-state index in [1.807, 2.05) is 6.92 Å². The fourth-order valence-corrected chi connectivity index (χ4v) is 2.41. The molecule has 1 rings (SSSR count). The molecule has 0 N–H and O–H groups in total. The molecule has 1 aromatic heterocycles. The van der Waals surface area contributed by atoms with Crippen LogP contribution in [0.25, 0.3) is 0 Å². The molecule has 0 spiro atoms. The molecule has 0 aliphatic heterocycles. The lowest BCUT2D eigenvalue weighted by atomic mass is 9.89. The maximum absolute atomic E-state index is 6.24. The lowest BCUT2D eigenvalue weighted by Crippen LogP contribution is -2.18. The Kier molecular flexibility index (Phi) is 4.72. The molecule has 90 valence electrons. The summed E-state index contributed by atoms with van der Waals surface area (Å²) in [4.78, 5) is 8.65. The highest BCUT2D eigenvalue weighted by molar-refractivity contribution is 6.20. The predicted molar refractivity (Wildman–Crippen MR) is 69.0 cm³/mol. The van der Waals surface area contributed by atoms with Crippen molar-refractivity contribution in [1.82, 2.24) is 9.97 Å². The van der Waals surface area contributed by atoms with Gasteiger partial charge in [-0.15, -0.1) is 11.6 Å². The van der Waals surface area contributed by atoms with E-state index in [0.29, 0.717) is 17.8 Å². The summed E-state index contributed by atoms with van der Waals surface area (Å²) in [5.74, 6) is 1.21. The van der Waals surface area contributed by atoms with Crippen molar-refractivity contribution >= 4 is 11.6 Å². The van der Waals surface area contributed by atoms with Crippen LogP contribution in [0.4, 0.5) is 0 Å². The maximum atomic E-state index is 6.24. The zero-order valence-corrected chi connectivity index (χ0v) is 11.5. The SMILES string of the molecule is CC(C)c1cc(C(C(C)C)C(C)Cl)ncn1. The molecule has 0 aliphatic rings. The Morgan fingerprint density at radius 1 is 1.00 bits per heavy atom. The van der Waals surface area contributed by atoms with Crippen molar-refractivity contribution in [3.05, 3.63) is 23.8 Å². The number of aromatic nitrogens is 2. The van der Waals surface area contributed by atoms with Crippen LogP contribution in [0, 0.1) is 5.92 Å². The molecule has 0 bridgehead atoms. The lowest BCUT2D eigenvalue weighted by molar-refractivity contribution is 0.478. The molecular weight excluding hydrogens is 220 g/mol. The van der Waals surface area contributed by atoms with E-state index in [1.54, 1.807) is 6.33 Å². The van der Waals surface area contributed by atoms with E-state index < -0.39 is 0 Å². The molecule has 0 saturated heterocycles. The number of nitrogens with zero attached hydrogens (tertiary/aromatic N) is 2. The molecule has 2 nitrogen and oxygen atoms in total. The minimum Gasteiger partial charge on any atom is -0.241 e. The molecule has 1 aromatic rings. The highest BCUT2D eigenvalue weighted by Crippen LogP contribution is 2.30. The summed E-state index contributed by atoms with van der Waals surface area (Å²) < 4.78 is 0. The minimum atomic E-state index is 0.0925. The van der Waals surface area contributed by atoms with Crippen molar-refractivity contribution in [2.24, 2.45) is 5.92 Å². The van der Waals surface area contributed by atoms with Gasteiger partial charge in [0, 0.05) is 22.7 Å². The first-order valence-corrected chi connectivity index (χ1v) is 6.33. The van der Waals surface area contributed by atoms with Gasteiger partial charge < -0.3 is 0 Å². The summed E-state index contributed by atoms with van der Waals surface area (Å²) in [6.07, 6.45) is 1.65. The average Bonchev–Trinajstić information content (AvgIpc) is 2.16. The minimum absolute atomic E-state index is 0.0925. The van der Waals surface area contributed by atoms with Gasteiger partial charge in [-0.05, 0) is 24.8 Å². The summed E-state index contributed by atoms with van der Waals surface area (Å²) in [6.45, 7) is 10.7. The third-order valence-electron chi connectivity index (χ3n) is 2.86. The first kappa shape index (κ1) is 13.4. The summed E-state index contributed by atoms with van der Waals surface area (Å²) in [5.41, 5.74) is 2.16. The van der Waals surface area contributed by atoms with E-state index in [1.165, 1.54) is 0 Å². The highest BCUT2D eigenvalue weighted by atomic mass is 35.5. The number of rotatable bonds is 4. The van der Waals surface area contributed by atoms with Crippen LogP contribution in [0.2, 0.25) is 0 Å². The third kappa shape index (κ3) is 3.18. The van der Waals surface area contributed by atoms with E-state index in [0.717, 1.165) is 11.4 Å². The molecule has 0 saturated carbocycles. The van der Waals surface area contributed by atoms with Gasteiger partial charge in [0.1, 0.15) is 6.33 Å². The molecule has 0 radical (unpaired) electrons. The Balaban J connectivity index is 3.05. The van der Waals surface area contributed by atoms with Gasteiger partial charge >= 0.3 is 0 Å². The van der Waals surface area contributed by atoms with Crippen molar-refractivity contribution in [1.29, 1.82) is 0 Å². The van der Waals surface area contributed by atoms with Crippen molar-refractivity contribution in [3.63, 3.8) is 0 Å². The van der Waals surface area contributed by atoms with Crippen molar-refractivity contribution in [3.8, 4) is 0 Å². The Morgan fingerprint density at radius 3 is 2.00 bits per heavy atom. The van der Waals surface area contributed by atoms with Crippen LogP contribution in [0.5, 0.6) is 0 Å². The summed E-state index contributed by atoms with van der Waals surface area (Å²) in [5, 5.41) is 0.0925. The largest absolute Gasteiger partial charge is 0.241 e. The summed E-state index contributed by atoms with van der Waals surface area (Å²) in [6, 6.07) is 2.09. The molecule has 0 amide bonds. The van der Waals surface area contributed by atoms with Gasteiger partial charge in [-0.1, -0.05) is 27.7 Å². The molecule has 0 aromatic carbocycles. The Bertz CT molecular complexity index is 326. The van der Waals surface area contributed by atoms with Crippen molar-refractivity contribution in [2.45, 2.75) is 51.8 Å². The zero-order valence-electron chi connectivity index (χ0n) is 10.7. The van der Waals surface area contributed by atoms with Gasteiger partial charge in [-0.2, -0.15) is 0 Å². The van der Waals surface area contributed by atoms with E-state index in [9.17, 15) is 0 Å². The molecule has 0 fully saturated rings. The summed E-state index contributed by atoms with van der Waals surface area (Å²) in [7, 11) is 0. The lowest BCUT2D eigenvalue weighted by Gasteiger charge is -2.23. The number of hydrogen-bond donors (Lipinski definition) is 0. The second-order valence-corrected chi connectivity index (χ2v) is 5.66. The monoisotopic (exact) mass is 240 g/mol. The quantitative estimate of drug-likeness (QED) is 0.745. The normalized spacial score (nSPS) is 15.5. The van der Waals surface area contributed by atoms with Crippen molar-refractivity contribution in [2.75, 3.05) is 0 Å². The smallest absolute Gasteiger partial charge is 0.115 e. The zero-order chi connectivity index (χ0) is 12.3. The topological polar surface area (TPSA) is 25.8 Å². The van der Waals surface area contributed by atoms with Crippen LogP contribution in [0.1, 0.15) is 57.8 Å². The molecule has 1 heterocycles. The van der Waals surface area contributed by atoms with Crippen LogP contribution in [-0.4, -0.2) is 15.3 Å². The van der Waals surface area contributed by atoms with Gasteiger partial charge in [-0.3, -0.25) is 0 Å².